The summed E-state index contributed by atoms with van der Waals surface area (Å²) in [5, 5.41) is 7.64. The van der Waals surface area contributed by atoms with E-state index in [2.05, 4.69) is 15.8 Å². The van der Waals surface area contributed by atoms with Gasteiger partial charge in [0.1, 0.15) is 6.61 Å². The summed E-state index contributed by atoms with van der Waals surface area (Å²) in [6.45, 7) is 2.01. The first-order valence-corrected chi connectivity index (χ1v) is 11.1. The van der Waals surface area contributed by atoms with Gasteiger partial charge in [-0.25, -0.2) is 5.43 Å². The third-order valence-electron chi connectivity index (χ3n) is 4.60. The van der Waals surface area contributed by atoms with Gasteiger partial charge in [0, 0.05) is 15.6 Å². The SMILES string of the molecule is COc1cc(/C(C)=N/NC(=O)C(=O)Nc2cc(Cl)ccc2Cl)ccc1OCc1ccc(Cl)cc1. The second-order valence-corrected chi connectivity index (χ2v) is 8.28. The van der Waals surface area contributed by atoms with Gasteiger partial charge in [-0.15, -0.1) is 0 Å². The van der Waals surface area contributed by atoms with Gasteiger partial charge in [0.05, 0.1) is 23.5 Å². The Bertz CT molecular complexity index is 1230. The molecule has 0 saturated carbocycles. The highest BCUT2D eigenvalue weighted by atomic mass is 35.5. The van der Waals surface area contributed by atoms with E-state index >= 15 is 0 Å². The third kappa shape index (κ3) is 6.87. The first kappa shape index (κ1) is 25.4. The number of halogens is 3. The first-order valence-electron chi connectivity index (χ1n) is 9.93. The highest BCUT2D eigenvalue weighted by Crippen LogP contribution is 2.29. The fourth-order valence-corrected chi connectivity index (χ4v) is 3.24. The summed E-state index contributed by atoms with van der Waals surface area (Å²) in [5.41, 5.74) is 4.50. The summed E-state index contributed by atoms with van der Waals surface area (Å²) >= 11 is 17.8. The van der Waals surface area contributed by atoms with Crippen LogP contribution in [0.3, 0.4) is 0 Å². The molecule has 0 bridgehead atoms. The van der Waals surface area contributed by atoms with Crippen LogP contribution in [-0.2, 0) is 16.2 Å². The maximum Gasteiger partial charge on any atom is 0.329 e. The molecule has 0 unspecified atom stereocenters. The average Bonchev–Trinajstić information content (AvgIpc) is 2.84. The minimum Gasteiger partial charge on any atom is -0.493 e. The molecule has 0 aliphatic rings. The van der Waals surface area contributed by atoms with E-state index < -0.39 is 11.8 Å². The van der Waals surface area contributed by atoms with Gasteiger partial charge >= 0.3 is 11.8 Å². The number of amides is 2. The van der Waals surface area contributed by atoms with Gasteiger partial charge in [-0.3, -0.25) is 9.59 Å². The standard InChI is InChI=1S/C24H20Cl3N3O4/c1-14(29-30-24(32)23(31)28-20-12-18(26)8-9-19(20)27)16-5-10-21(22(11-16)33-2)34-13-15-3-6-17(25)7-4-15/h3-12H,13H2,1-2H3,(H,28,31)(H,30,32)/b29-14+. The second-order valence-electron chi connectivity index (χ2n) is 7.00. The van der Waals surface area contributed by atoms with E-state index in [0.29, 0.717) is 39.4 Å². The molecule has 34 heavy (non-hydrogen) atoms. The van der Waals surface area contributed by atoms with Crippen molar-refractivity contribution in [3.8, 4) is 11.5 Å². The monoisotopic (exact) mass is 519 g/mol. The molecule has 0 aromatic heterocycles. The Hall–Kier alpha value is -3.26. The number of rotatable bonds is 7. The zero-order valence-corrected chi connectivity index (χ0v) is 20.5. The lowest BCUT2D eigenvalue weighted by Gasteiger charge is -2.12. The van der Waals surface area contributed by atoms with Crippen LogP contribution in [0.2, 0.25) is 15.1 Å². The number of methoxy groups -OCH3 is 1. The minimum absolute atomic E-state index is 0.217. The number of hydrogen-bond donors (Lipinski definition) is 2. The van der Waals surface area contributed by atoms with Crippen LogP contribution in [-0.4, -0.2) is 24.6 Å². The Kier molecular flexibility index (Phi) is 8.76. The predicted octanol–water partition coefficient (Wildman–Crippen LogP) is 5.71. The van der Waals surface area contributed by atoms with Crippen LogP contribution in [0.1, 0.15) is 18.1 Å². The Labute approximate surface area is 211 Å². The number of anilines is 1. The van der Waals surface area contributed by atoms with Gasteiger partial charge in [0.25, 0.3) is 0 Å². The van der Waals surface area contributed by atoms with Crippen LogP contribution >= 0.6 is 34.8 Å². The maximum atomic E-state index is 12.1. The number of carbonyl (C=O) groups is 2. The van der Waals surface area contributed by atoms with Crippen molar-refractivity contribution in [1.82, 2.24) is 5.43 Å². The van der Waals surface area contributed by atoms with Crippen LogP contribution in [0.5, 0.6) is 11.5 Å². The van der Waals surface area contributed by atoms with Gasteiger partial charge in [0.15, 0.2) is 11.5 Å². The predicted molar refractivity (Wildman–Crippen MR) is 134 cm³/mol. The summed E-state index contributed by atoms with van der Waals surface area (Å²) in [7, 11) is 1.52. The van der Waals surface area contributed by atoms with Crippen molar-refractivity contribution in [3.63, 3.8) is 0 Å². The molecule has 0 fully saturated rings. The molecule has 0 aliphatic carbocycles. The van der Waals surface area contributed by atoms with Crippen LogP contribution in [0.4, 0.5) is 5.69 Å². The average molecular weight is 521 g/mol. The highest BCUT2D eigenvalue weighted by Gasteiger charge is 2.15. The van der Waals surface area contributed by atoms with Crippen LogP contribution in [0.25, 0.3) is 0 Å². The molecule has 7 nitrogen and oxygen atoms in total. The molecule has 176 valence electrons. The Morgan fingerprint density at radius 2 is 1.59 bits per heavy atom. The number of nitrogens with zero attached hydrogens (tertiary/aromatic N) is 1. The second kappa shape index (κ2) is 11.7. The van der Waals surface area contributed by atoms with Crippen LogP contribution < -0.4 is 20.2 Å². The largest absolute Gasteiger partial charge is 0.493 e. The molecule has 0 radical (unpaired) electrons. The number of carbonyl (C=O) groups excluding carboxylic acids is 2. The zero-order chi connectivity index (χ0) is 24.7. The molecule has 0 saturated heterocycles. The molecule has 3 aromatic rings. The van der Waals surface area contributed by atoms with Crippen molar-refractivity contribution in [2.75, 3.05) is 12.4 Å². The molecule has 3 rings (SSSR count). The van der Waals surface area contributed by atoms with Crippen molar-refractivity contribution in [2.45, 2.75) is 13.5 Å². The molecule has 10 heteroatoms. The summed E-state index contributed by atoms with van der Waals surface area (Å²) in [5.74, 6) is -0.883. The zero-order valence-electron chi connectivity index (χ0n) is 18.2. The molecule has 0 spiro atoms. The maximum absolute atomic E-state index is 12.1. The molecule has 0 aliphatic heterocycles. The Morgan fingerprint density at radius 1 is 0.882 bits per heavy atom. The topological polar surface area (TPSA) is 89.0 Å². The van der Waals surface area contributed by atoms with E-state index in [1.165, 1.54) is 19.2 Å². The lowest BCUT2D eigenvalue weighted by molar-refractivity contribution is -0.136. The van der Waals surface area contributed by atoms with Crippen molar-refractivity contribution in [3.05, 3.63) is 86.9 Å². The fraction of sp³-hybridized carbons (Fsp3) is 0.125. The summed E-state index contributed by atoms with van der Waals surface area (Å²) in [6.07, 6.45) is 0. The molecular weight excluding hydrogens is 501 g/mol. The first-order chi connectivity index (χ1) is 16.3. The number of nitrogens with one attached hydrogen (secondary N) is 2. The van der Waals surface area contributed by atoms with E-state index in [9.17, 15) is 9.59 Å². The number of hydrazone groups is 1. The van der Waals surface area contributed by atoms with E-state index in [4.69, 9.17) is 44.3 Å². The van der Waals surface area contributed by atoms with E-state index in [-0.39, 0.29) is 10.7 Å². The van der Waals surface area contributed by atoms with Crippen molar-refractivity contribution >= 4 is 58.0 Å². The van der Waals surface area contributed by atoms with E-state index in [1.807, 2.05) is 12.1 Å². The van der Waals surface area contributed by atoms with E-state index in [0.717, 1.165) is 5.56 Å². The number of benzene rings is 3. The van der Waals surface area contributed by atoms with Gasteiger partial charge in [-0.1, -0.05) is 46.9 Å². The normalized spacial score (nSPS) is 11.0. The Morgan fingerprint density at radius 3 is 2.29 bits per heavy atom. The van der Waals surface area contributed by atoms with Crippen LogP contribution in [0.15, 0.2) is 65.8 Å². The smallest absolute Gasteiger partial charge is 0.329 e. The number of hydrogen-bond acceptors (Lipinski definition) is 5. The minimum atomic E-state index is -0.967. The summed E-state index contributed by atoms with van der Waals surface area (Å²) in [4.78, 5) is 24.3. The lowest BCUT2D eigenvalue weighted by atomic mass is 10.1. The molecule has 2 amide bonds. The summed E-state index contributed by atoms with van der Waals surface area (Å²) < 4.78 is 11.3. The summed E-state index contributed by atoms with van der Waals surface area (Å²) in [6, 6.07) is 17.1. The quantitative estimate of drug-likeness (QED) is 0.237. The fourth-order valence-electron chi connectivity index (χ4n) is 2.78. The van der Waals surface area contributed by atoms with Gasteiger partial charge in [-0.2, -0.15) is 5.10 Å². The van der Waals surface area contributed by atoms with Gasteiger partial charge < -0.3 is 14.8 Å². The molecule has 2 N–H and O–H groups in total. The Balaban J connectivity index is 1.63. The van der Waals surface area contributed by atoms with Crippen molar-refractivity contribution < 1.29 is 19.1 Å². The van der Waals surface area contributed by atoms with Crippen molar-refractivity contribution in [2.24, 2.45) is 5.10 Å². The molecule has 0 heterocycles. The molecule has 0 atom stereocenters. The van der Waals surface area contributed by atoms with Gasteiger partial charge in [0.2, 0.25) is 0 Å². The van der Waals surface area contributed by atoms with Crippen molar-refractivity contribution in [1.29, 1.82) is 0 Å². The highest BCUT2D eigenvalue weighted by molar-refractivity contribution is 6.42. The van der Waals surface area contributed by atoms with E-state index in [1.54, 1.807) is 43.3 Å². The third-order valence-corrected chi connectivity index (χ3v) is 5.41. The molecular formula is C24H20Cl3N3O4. The number of ether oxygens (including phenoxy) is 2. The molecule has 3 aromatic carbocycles. The van der Waals surface area contributed by atoms with Crippen LogP contribution in [0, 0.1) is 0 Å². The lowest BCUT2D eigenvalue weighted by Crippen LogP contribution is -2.33. The van der Waals surface area contributed by atoms with Gasteiger partial charge in [-0.05, 0) is 61.0 Å².